The average Bonchev–Trinajstić information content (AvgIpc) is 3.18. The fourth-order valence-corrected chi connectivity index (χ4v) is 4.49. The average molecular weight is 459 g/mol. The fraction of sp³-hybridized carbons (Fsp3) is 0.261. The van der Waals surface area contributed by atoms with Crippen LogP contribution in [0.5, 0.6) is 0 Å². The van der Waals surface area contributed by atoms with Gasteiger partial charge in [-0.05, 0) is 42.5 Å². The molecule has 2 heterocycles. The first-order chi connectivity index (χ1) is 15.2. The molecular formula is C23H18ClF3N4O. The predicted octanol–water partition coefficient (Wildman–Crippen LogP) is 5.67. The van der Waals surface area contributed by atoms with Gasteiger partial charge in [0.1, 0.15) is 6.04 Å². The Morgan fingerprint density at radius 3 is 2.34 bits per heavy atom. The van der Waals surface area contributed by atoms with Gasteiger partial charge >= 0.3 is 6.18 Å². The highest BCUT2D eigenvalue weighted by molar-refractivity contribution is 6.30. The molecule has 164 valence electrons. The molecule has 1 aliphatic heterocycles. The number of carbonyl (C=O) groups is 1. The molecule has 5 rings (SSSR count). The third kappa shape index (κ3) is 3.58. The molecule has 2 atom stereocenters. The molecular weight excluding hydrogens is 441 g/mol. The molecule has 5 nitrogen and oxygen atoms in total. The minimum atomic E-state index is -4.69. The van der Waals surface area contributed by atoms with Crippen LogP contribution >= 0.6 is 11.6 Å². The van der Waals surface area contributed by atoms with Crippen LogP contribution in [0.2, 0.25) is 5.02 Å². The van der Waals surface area contributed by atoms with Crippen LogP contribution in [0.1, 0.15) is 47.3 Å². The molecule has 0 radical (unpaired) electrons. The Labute approximate surface area is 186 Å². The Hall–Kier alpha value is -3.13. The summed E-state index contributed by atoms with van der Waals surface area (Å²) in [5.74, 6) is -1.50. The number of Topliss-reactive ketones (excluding diaryl/α,β-unsaturated/α-hetero) is 1. The van der Waals surface area contributed by atoms with E-state index in [9.17, 15) is 18.0 Å². The zero-order valence-electron chi connectivity index (χ0n) is 16.9. The second-order valence-corrected chi connectivity index (χ2v) is 8.55. The molecule has 0 saturated heterocycles. The molecule has 0 amide bonds. The zero-order valence-corrected chi connectivity index (χ0v) is 17.7. The molecule has 0 fully saturated rings. The lowest BCUT2D eigenvalue weighted by atomic mass is 9.78. The van der Waals surface area contributed by atoms with Gasteiger partial charge in [0, 0.05) is 22.7 Å². The molecule has 0 saturated carbocycles. The summed E-state index contributed by atoms with van der Waals surface area (Å²) in [5.41, 5.74) is 3.66. The van der Waals surface area contributed by atoms with Crippen LogP contribution in [-0.2, 0) is 11.0 Å². The Bertz CT molecular complexity index is 1230. The topological polar surface area (TPSA) is 59.8 Å². The normalized spacial score (nSPS) is 20.6. The maximum atomic E-state index is 13.4. The second-order valence-electron chi connectivity index (χ2n) is 8.11. The molecule has 0 spiro atoms. The SMILES string of the molecule is Cc1ccc(C2C3=C(CC(c4ccc(Cl)cc4)CC3=O)Nc3nc(C(F)(F)F)nn32)cc1. The van der Waals surface area contributed by atoms with Crippen LogP contribution in [-0.4, -0.2) is 20.5 Å². The first-order valence-electron chi connectivity index (χ1n) is 10.1. The summed E-state index contributed by atoms with van der Waals surface area (Å²) in [4.78, 5) is 17.0. The third-order valence-electron chi connectivity index (χ3n) is 5.91. The highest BCUT2D eigenvalue weighted by atomic mass is 35.5. The lowest BCUT2D eigenvalue weighted by Gasteiger charge is -2.35. The zero-order chi connectivity index (χ0) is 22.6. The molecule has 1 aliphatic carbocycles. The fourth-order valence-electron chi connectivity index (χ4n) is 4.36. The van der Waals surface area contributed by atoms with Gasteiger partial charge in [-0.1, -0.05) is 53.6 Å². The number of hydrogen-bond donors (Lipinski definition) is 1. The molecule has 3 aromatic rings. The number of benzene rings is 2. The number of aryl methyl sites for hydroxylation is 1. The number of allylic oxidation sites excluding steroid dienone is 2. The minimum absolute atomic E-state index is 0.0220. The monoisotopic (exact) mass is 458 g/mol. The number of nitrogens with one attached hydrogen (secondary N) is 1. The number of rotatable bonds is 2. The van der Waals surface area contributed by atoms with Gasteiger partial charge in [-0.25, -0.2) is 4.68 Å². The van der Waals surface area contributed by atoms with E-state index < -0.39 is 18.0 Å². The maximum Gasteiger partial charge on any atom is 0.453 e. The molecule has 2 aromatic carbocycles. The van der Waals surface area contributed by atoms with Crippen molar-refractivity contribution in [1.29, 1.82) is 0 Å². The van der Waals surface area contributed by atoms with Gasteiger partial charge in [0.2, 0.25) is 5.95 Å². The van der Waals surface area contributed by atoms with Crippen molar-refractivity contribution in [2.24, 2.45) is 0 Å². The first kappa shape index (κ1) is 20.8. The summed E-state index contributed by atoms with van der Waals surface area (Å²) >= 11 is 5.98. The number of carbonyl (C=O) groups excluding carboxylic acids is 1. The van der Waals surface area contributed by atoms with Crippen molar-refractivity contribution in [2.75, 3.05) is 5.32 Å². The number of alkyl halides is 3. The van der Waals surface area contributed by atoms with Crippen LogP contribution in [0.25, 0.3) is 0 Å². The van der Waals surface area contributed by atoms with Gasteiger partial charge in [0.15, 0.2) is 5.78 Å². The van der Waals surface area contributed by atoms with Crippen LogP contribution in [0, 0.1) is 6.92 Å². The molecule has 0 bridgehead atoms. The minimum Gasteiger partial charge on any atom is -0.328 e. The number of fused-ring (bicyclic) bond motifs is 1. The van der Waals surface area contributed by atoms with E-state index in [0.29, 0.717) is 28.3 Å². The first-order valence-corrected chi connectivity index (χ1v) is 10.5. The highest BCUT2D eigenvalue weighted by Crippen LogP contribution is 2.44. The summed E-state index contributed by atoms with van der Waals surface area (Å²) in [5, 5.41) is 7.29. The lowest BCUT2D eigenvalue weighted by Crippen LogP contribution is -2.33. The molecule has 9 heteroatoms. The van der Waals surface area contributed by atoms with Gasteiger partial charge in [0.25, 0.3) is 5.82 Å². The number of halogens is 4. The quantitative estimate of drug-likeness (QED) is 0.537. The van der Waals surface area contributed by atoms with Gasteiger partial charge in [0.05, 0.1) is 0 Å². The molecule has 32 heavy (non-hydrogen) atoms. The number of hydrogen-bond acceptors (Lipinski definition) is 4. The lowest BCUT2D eigenvalue weighted by molar-refractivity contribution is -0.145. The number of aromatic nitrogens is 3. The number of nitrogens with zero attached hydrogens (tertiary/aromatic N) is 3. The van der Waals surface area contributed by atoms with Crippen molar-refractivity contribution >= 4 is 23.3 Å². The van der Waals surface area contributed by atoms with Crippen LogP contribution in [0.4, 0.5) is 19.1 Å². The van der Waals surface area contributed by atoms with Crippen LogP contribution < -0.4 is 5.32 Å². The van der Waals surface area contributed by atoms with Gasteiger partial charge < -0.3 is 5.32 Å². The van der Waals surface area contributed by atoms with Gasteiger partial charge in [-0.3, -0.25) is 4.79 Å². The van der Waals surface area contributed by atoms with E-state index in [-0.39, 0.29) is 24.1 Å². The van der Waals surface area contributed by atoms with Crippen molar-refractivity contribution in [2.45, 2.75) is 37.9 Å². The Morgan fingerprint density at radius 2 is 1.69 bits per heavy atom. The van der Waals surface area contributed by atoms with Gasteiger partial charge in [-0.15, -0.1) is 5.10 Å². The molecule has 1 N–H and O–H groups in total. The van der Waals surface area contributed by atoms with Crippen LogP contribution in [0.3, 0.4) is 0 Å². The maximum absolute atomic E-state index is 13.4. The van der Waals surface area contributed by atoms with Gasteiger partial charge in [-0.2, -0.15) is 18.2 Å². The standard InChI is InChI=1S/C23H18ClF3N4O/c1-12-2-4-14(5-3-12)20-19-17(28-22-29-21(23(25,26)27)30-31(20)22)10-15(11-18(19)32)13-6-8-16(24)9-7-13/h2-9,15,20H,10-11H2,1H3,(H,28,29,30). The number of anilines is 1. The summed E-state index contributed by atoms with van der Waals surface area (Å²) in [6, 6.07) is 13.9. The van der Waals surface area contributed by atoms with E-state index in [0.717, 1.165) is 11.1 Å². The molecule has 2 aliphatic rings. The Morgan fingerprint density at radius 1 is 1.03 bits per heavy atom. The van der Waals surface area contributed by atoms with Crippen molar-refractivity contribution in [1.82, 2.24) is 14.8 Å². The van der Waals surface area contributed by atoms with Crippen molar-refractivity contribution in [3.05, 3.63) is 87.3 Å². The van der Waals surface area contributed by atoms with E-state index >= 15 is 0 Å². The Balaban J connectivity index is 1.61. The van der Waals surface area contributed by atoms with E-state index in [1.165, 1.54) is 4.68 Å². The van der Waals surface area contributed by atoms with E-state index in [2.05, 4.69) is 15.4 Å². The summed E-state index contributed by atoms with van der Waals surface area (Å²) < 4.78 is 41.3. The molecule has 1 aromatic heterocycles. The van der Waals surface area contributed by atoms with Crippen molar-refractivity contribution in [3.63, 3.8) is 0 Å². The predicted molar refractivity (Wildman–Crippen MR) is 113 cm³/mol. The summed E-state index contributed by atoms with van der Waals surface area (Å²) in [6.45, 7) is 1.92. The van der Waals surface area contributed by atoms with E-state index in [1.807, 2.05) is 43.3 Å². The largest absolute Gasteiger partial charge is 0.453 e. The molecule has 2 unspecified atom stereocenters. The summed E-state index contributed by atoms with van der Waals surface area (Å²) in [6.07, 6.45) is -3.97. The third-order valence-corrected chi connectivity index (χ3v) is 6.16. The van der Waals surface area contributed by atoms with Crippen molar-refractivity contribution < 1.29 is 18.0 Å². The van der Waals surface area contributed by atoms with E-state index in [1.54, 1.807) is 12.1 Å². The Kier molecular flexibility index (Phi) is 4.85. The van der Waals surface area contributed by atoms with E-state index in [4.69, 9.17) is 11.6 Å². The second kappa shape index (κ2) is 7.48. The summed E-state index contributed by atoms with van der Waals surface area (Å²) in [7, 11) is 0. The smallest absolute Gasteiger partial charge is 0.328 e. The number of ketones is 1. The van der Waals surface area contributed by atoms with Crippen LogP contribution in [0.15, 0.2) is 59.8 Å². The highest BCUT2D eigenvalue weighted by Gasteiger charge is 2.43. The van der Waals surface area contributed by atoms with Crippen molar-refractivity contribution in [3.8, 4) is 0 Å².